The van der Waals surface area contributed by atoms with Gasteiger partial charge in [-0.2, -0.15) is 0 Å². The Bertz CT molecular complexity index is 396. The minimum absolute atomic E-state index is 0.105. The van der Waals surface area contributed by atoms with Crippen LogP contribution < -0.4 is 0 Å². The zero-order chi connectivity index (χ0) is 17.6. The van der Waals surface area contributed by atoms with Crippen LogP contribution in [-0.4, -0.2) is 30.3 Å². The zero-order valence-corrected chi connectivity index (χ0v) is 17.4. The molecule has 128 valence electrons. The molecular formula is C14H30N2O4Si2. The Balaban J connectivity index is 4.72. The molecule has 0 bridgehead atoms. The molecule has 0 heterocycles. The first-order valence-corrected chi connectivity index (χ1v) is 11.5. The number of amides is 2. The third-order valence-corrected chi connectivity index (χ3v) is 9.12. The van der Waals surface area contributed by atoms with Gasteiger partial charge < -0.3 is 8.85 Å². The lowest BCUT2D eigenvalue weighted by atomic mass is 10.2. The third kappa shape index (κ3) is 7.83. The summed E-state index contributed by atoms with van der Waals surface area (Å²) in [6.07, 6.45) is -1.59. The number of hydrogen-bond acceptors (Lipinski definition) is 4. The van der Waals surface area contributed by atoms with E-state index < -0.39 is 30.3 Å². The molecule has 0 aliphatic carbocycles. The predicted molar refractivity (Wildman–Crippen MR) is 92.5 cm³/mol. The van der Waals surface area contributed by atoms with Gasteiger partial charge in [-0.05, 0) is 22.2 Å². The van der Waals surface area contributed by atoms with Crippen molar-refractivity contribution in [2.75, 3.05) is 0 Å². The van der Waals surface area contributed by atoms with Crippen LogP contribution in [0.3, 0.4) is 0 Å². The molecule has 0 unspecified atom stereocenters. The van der Waals surface area contributed by atoms with E-state index in [0.29, 0.717) is 0 Å². The van der Waals surface area contributed by atoms with Gasteiger partial charge in [-0.25, -0.2) is 9.59 Å². The van der Waals surface area contributed by atoms with Crippen LogP contribution >= 0.6 is 0 Å². The summed E-state index contributed by atoms with van der Waals surface area (Å²) in [7, 11) is -3.46. The van der Waals surface area contributed by atoms with Crippen molar-refractivity contribution in [2.24, 2.45) is 10.2 Å². The summed E-state index contributed by atoms with van der Waals surface area (Å²) < 4.78 is 10.7. The smallest absolute Gasteiger partial charge is 0.438 e. The molecule has 0 fully saturated rings. The highest BCUT2D eigenvalue weighted by molar-refractivity contribution is 6.60. The van der Waals surface area contributed by atoms with E-state index in [0.717, 1.165) is 12.1 Å². The highest BCUT2D eigenvalue weighted by atomic mass is 28.3. The Morgan fingerprint density at radius 3 is 1.50 bits per heavy atom. The van der Waals surface area contributed by atoms with Crippen molar-refractivity contribution in [1.82, 2.24) is 0 Å². The molecule has 8 heteroatoms. The molecule has 0 rings (SSSR count). The summed E-state index contributed by atoms with van der Waals surface area (Å²) in [6, 6.07) is 1.68. The standard InChI is InChI=1S/C14H30N2O4Si2/c1-9-21(10-2)19-11(17)15-16-12(18)20-22(13(3,4)5)14(6,7)8/h21-22H,9-10H2,1-8H3. The van der Waals surface area contributed by atoms with Gasteiger partial charge >= 0.3 is 12.2 Å². The fourth-order valence-corrected chi connectivity index (χ4v) is 7.28. The summed E-state index contributed by atoms with van der Waals surface area (Å²) in [6.45, 7) is 16.2. The molecule has 0 saturated heterocycles. The molecule has 6 nitrogen and oxygen atoms in total. The van der Waals surface area contributed by atoms with Gasteiger partial charge in [0.1, 0.15) is 0 Å². The first kappa shape index (κ1) is 21.0. The summed E-state index contributed by atoms with van der Waals surface area (Å²) in [5.41, 5.74) is 0. The molecule has 0 atom stereocenters. The second-order valence-electron chi connectivity index (χ2n) is 7.52. The summed E-state index contributed by atoms with van der Waals surface area (Å²) in [5, 5.41) is 6.47. The van der Waals surface area contributed by atoms with Crippen LogP contribution in [0.5, 0.6) is 0 Å². The molecule has 0 spiro atoms. The average Bonchev–Trinajstić information content (AvgIpc) is 2.37. The van der Waals surface area contributed by atoms with Crippen molar-refractivity contribution >= 4 is 30.3 Å². The SMILES string of the molecule is CC[SiH](CC)OC(=O)N=NC(=O)O[SiH](C(C)(C)C)C(C)(C)C. The maximum absolute atomic E-state index is 11.8. The van der Waals surface area contributed by atoms with Crippen LogP contribution in [0.15, 0.2) is 10.2 Å². The zero-order valence-electron chi connectivity index (χ0n) is 15.1. The van der Waals surface area contributed by atoms with Crippen molar-refractivity contribution in [3.8, 4) is 0 Å². The van der Waals surface area contributed by atoms with Crippen molar-refractivity contribution in [3.63, 3.8) is 0 Å². The highest BCUT2D eigenvalue weighted by Crippen LogP contribution is 2.42. The molecule has 0 aliphatic rings. The van der Waals surface area contributed by atoms with Gasteiger partial charge in [0.05, 0.1) is 0 Å². The largest absolute Gasteiger partial charge is 0.504 e. The number of rotatable bonds is 4. The molecular weight excluding hydrogens is 316 g/mol. The maximum atomic E-state index is 11.8. The van der Waals surface area contributed by atoms with Gasteiger partial charge in [0.15, 0.2) is 0 Å². The molecule has 0 radical (unpaired) electrons. The van der Waals surface area contributed by atoms with E-state index in [9.17, 15) is 9.59 Å². The van der Waals surface area contributed by atoms with E-state index in [4.69, 9.17) is 8.85 Å². The normalized spacial score (nSPS) is 13.0. The molecule has 0 saturated carbocycles. The van der Waals surface area contributed by atoms with E-state index in [2.05, 4.69) is 10.2 Å². The van der Waals surface area contributed by atoms with E-state index in [-0.39, 0.29) is 10.1 Å². The van der Waals surface area contributed by atoms with E-state index in [1.165, 1.54) is 0 Å². The topological polar surface area (TPSA) is 77.3 Å². The Labute approximate surface area is 137 Å². The highest BCUT2D eigenvalue weighted by Gasteiger charge is 2.41. The van der Waals surface area contributed by atoms with Gasteiger partial charge in [-0.3, -0.25) is 0 Å². The lowest BCUT2D eigenvalue weighted by molar-refractivity contribution is 0.197. The van der Waals surface area contributed by atoms with Crippen molar-refractivity contribution in [3.05, 3.63) is 0 Å². The molecule has 2 amide bonds. The summed E-state index contributed by atoms with van der Waals surface area (Å²) >= 11 is 0. The second kappa shape index (κ2) is 8.57. The summed E-state index contributed by atoms with van der Waals surface area (Å²) in [4.78, 5) is 23.3. The van der Waals surface area contributed by atoms with Gasteiger partial charge in [-0.15, -0.1) is 0 Å². The second-order valence-corrected chi connectivity index (χ2v) is 15.1. The molecule has 0 aliphatic heterocycles. The first-order valence-electron chi connectivity index (χ1n) is 7.74. The molecule has 0 aromatic carbocycles. The number of carbonyl (C=O) groups excluding carboxylic acids is 2. The van der Waals surface area contributed by atoms with E-state index in [1.807, 2.05) is 55.4 Å². The van der Waals surface area contributed by atoms with Gasteiger partial charge in [0.2, 0.25) is 9.04 Å². The van der Waals surface area contributed by atoms with Gasteiger partial charge in [-0.1, -0.05) is 65.6 Å². The van der Waals surface area contributed by atoms with Crippen LogP contribution in [0.1, 0.15) is 55.4 Å². The monoisotopic (exact) mass is 346 g/mol. The quantitative estimate of drug-likeness (QED) is 0.541. The van der Waals surface area contributed by atoms with Crippen LogP contribution in [0.25, 0.3) is 0 Å². The maximum Gasteiger partial charge on any atom is 0.438 e. The Morgan fingerprint density at radius 1 is 0.818 bits per heavy atom. The fourth-order valence-electron chi connectivity index (χ4n) is 2.48. The average molecular weight is 347 g/mol. The van der Waals surface area contributed by atoms with Crippen LogP contribution in [0.4, 0.5) is 9.59 Å². The molecule has 0 aromatic rings. The number of azo groups is 1. The van der Waals surface area contributed by atoms with E-state index in [1.54, 1.807) is 0 Å². The molecule has 22 heavy (non-hydrogen) atoms. The number of nitrogens with zero attached hydrogens (tertiary/aromatic N) is 2. The molecule has 0 N–H and O–H groups in total. The fraction of sp³-hybridized carbons (Fsp3) is 0.857. The van der Waals surface area contributed by atoms with Crippen molar-refractivity contribution in [2.45, 2.75) is 77.6 Å². The third-order valence-electron chi connectivity index (χ3n) is 3.18. The van der Waals surface area contributed by atoms with Gasteiger partial charge in [0.25, 0.3) is 9.04 Å². The number of carbonyl (C=O) groups is 2. The Hall–Kier alpha value is -1.03. The first-order chi connectivity index (χ1) is 9.91. The Morgan fingerprint density at radius 2 is 1.18 bits per heavy atom. The summed E-state index contributed by atoms with van der Waals surface area (Å²) in [5.74, 6) is 0. The minimum Gasteiger partial charge on any atom is -0.504 e. The van der Waals surface area contributed by atoms with Crippen molar-refractivity contribution in [1.29, 1.82) is 0 Å². The number of hydrogen-bond donors (Lipinski definition) is 0. The Kier molecular flexibility index (Phi) is 8.17. The van der Waals surface area contributed by atoms with Crippen molar-refractivity contribution < 1.29 is 18.4 Å². The lowest BCUT2D eigenvalue weighted by Crippen LogP contribution is -2.39. The minimum atomic E-state index is -1.92. The lowest BCUT2D eigenvalue weighted by Gasteiger charge is -2.36. The van der Waals surface area contributed by atoms with Crippen LogP contribution in [0.2, 0.25) is 22.2 Å². The van der Waals surface area contributed by atoms with E-state index >= 15 is 0 Å². The van der Waals surface area contributed by atoms with Crippen LogP contribution in [-0.2, 0) is 8.85 Å². The molecule has 0 aromatic heterocycles. The predicted octanol–water partition coefficient (Wildman–Crippen LogP) is 4.80. The van der Waals surface area contributed by atoms with Gasteiger partial charge in [0, 0.05) is 0 Å². The van der Waals surface area contributed by atoms with Crippen LogP contribution in [0, 0.1) is 0 Å².